The third-order valence-electron chi connectivity index (χ3n) is 2.60. The molecule has 20 heavy (non-hydrogen) atoms. The molecular weight excluding hydrogens is 262 g/mol. The molecule has 0 spiro atoms. The summed E-state index contributed by atoms with van der Waals surface area (Å²) in [7, 11) is 0. The number of aromatic nitrogens is 2. The predicted octanol–water partition coefficient (Wildman–Crippen LogP) is 2.04. The Morgan fingerprint density at radius 3 is 2.95 bits per heavy atom. The highest BCUT2D eigenvalue weighted by atomic mass is 16.6. The topological polar surface area (TPSA) is 87.3 Å². The summed E-state index contributed by atoms with van der Waals surface area (Å²) in [5.74, 6) is -0.589. The molecule has 0 radical (unpaired) electrons. The quantitative estimate of drug-likeness (QED) is 0.473. The monoisotopic (exact) mass is 275 g/mol. The Morgan fingerprint density at radius 1 is 1.50 bits per heavy atom. The van der Waals surface area contributed by atoms with E-state index in [1.54, 1.807) is 30.1 Å². The summed E-state index contributed by atoms with van der Waals surface area (Å²) in [6.45, 7) is 2.16. The van der Waals surface area contributed by atoms with Crippen molar-refractivity contribution >= 4 is 11.7 Å². The molecule has 7 nitrogen and oxygen atoms in total. The summed E-state index contributed by atoms with van der Waals surface area (Å²) < 4.78 is 6.87. The van der Waals surface area contributed by atoms with Gasteiger partial charge in [0.15, 0.2) is 0 Å². The smallest absolute Gasteiger partial charge is 0.338 e. The summed E-state index contributed by atoms with van der Waals surface area (Å²) >= 11 is 0. The van der Waals surface area contributed by atoms with Gasteiger partial charge in [-0.25, -0.2) is 4.79 Å². The zero-order chi connectivity index (χ0) is 14.5. The van der Waals surface area contributed by atoms with E-state index in [1.165, 1.54) is 24.3 Å². The Bertz CT molecular complexity index is 610. The highest BCUT2D eigenvalue weighted by molar-refractivity contribution is 5.90. The third kappa shape index (κ3) is 3.41. The van der Waals surface area contributed by atoms with Gasteiger partial charge in [0.2, 0.25) is 0 Å². The average molecular weight is 275 g/mol. The first-order valence-corrected chi connectivity index (χ1v) is 5.99. The minimum atomic E-state index is -0.589. The molecule has 1 atom stereocenters. The van der Waals surface area contributed by atoms with Gasteiger partial charge in [0.25, 0.3) is 5.69 Å². The van der Waals surface area contributed by atoms with Crippen molar-refractivity contribution in [3.05, 3.63) is 58.4 Å². The molecule has 7 heteroatoms. The molecule has 0 unspecified atom stereocenters. The molecule has 0 aliphatic heterocycles. The Morgan fingerprint density at radius 2 is 2.30 bits per heavy atom. The SMILES string of the molecule is C[C@@H](Cn1cccn1)OC(=O)c1cccc([N+](=O)[O-])c1. The second-order valence-corrected chi connectivity index (χ2v) is 4.25. The van der Waals surface area contributed by atoms with E-state index in [9.17, 15) is 14.9 Å². The van der Waals surface area contributed by atoms with E-state index >= 15 is 0 Å². The average Bonchev–Trinajstić information content (AvgIpc) is 2.91. The zero-order valence-corrected chi connectivity index (χ0v) is 10.8. The summed E-state index contributed by atoms with van der Waals surface area (Å²) in [4.78, 5) is 22.0. The van der Waals surface area contributed by atoms with Crippen molar-refractivity contribution in [1.29, 1.82) is 0 Å². The van der Waals surface area contributed by atoms with Gasteiger partial charge in [-0.05, 0) is 19.1 Å². The van der Waals surface area contributed by atoms with Crippen LogP contribution < -0.4 is 0 Å². The van der Waals surface area contributed by atoms with Gasteiger partial charge in [0, 0.05) is 24.5 Å². The fourth-order valence-corrected chi connectivity index (χ4v) is 1.71. The Labute approximate surface area is 114 Å². The number of nitro benzene ring substituents is 1. The first-order chi connectivity index (χ1) is 9.56. The standard InChI is InChI=1S/C13H13N3O4/c1-10(9-15-7-3-6-14-15)20-13(17)11-4-2-5-12(8-11)16(18)19/h2-8,10H,9H2,1H3/t10-/m0/s1. The van der Waals surface area contributed by atoms with Crippen LogP contribution in [0.4, 0.5) is 5.69 Å². The van der Waals surface area contributed by atoms with Crippen LogP contribution in [0.2, 0.25) is 0 Å². The van der Waals surface area contributed by atoms with Gasteiger partial charge in [-0.1, -0.05) is 6.07 Å². The molecule has 0 fully saturated rings. The molecule has 2 rings (SSSR count). The fourth-order valence-electron chi connectivity index (χ4n) is 1.71. The fraction of sp³-hybridized carbons (Fsp3) is 0.231. The summed E-state index contributed by atoms with van der Waals surface area (Å²) in [5, 5.41) is 14.7. The number of hydrogen-bond donors (Lipinski definition) is 0. The highest BCUT2D eigenvalue weighted by Gasteiger charge is 2.15. The first-order valence-electron chi connectivity index (χ1n) is 5.99. The van der Waals surface area contributed by atoms with Gasteiger partial charge in [0.1, 0.15) is 6.10 Å². The van der Waals surface area contributed by atoms with Crippen LogP contribution in [0.3, 0.4) is 0 Å². The van der Waals surface area contributed by atoms with Gasteiger partial charge >= 0.3 is 5.97 Å². The molecule has 0 aliphatic rings. The largest absolute Gasteiger partial charge is 0.457 e. The highest BCUT2D eigenvalue weighted by Crippen LogP contribution is 2.14. The lowest BCUT2D eigenvalue weighted by atomic mass is 10.2. The van der Waals surface area contributed by atoms with E-state index in [1.807, 2.05) is 0 Å². The second kappa shape index (κ2) is 5.96. The van der Waals surface area contributed by atoms with Crippen molar-refractivity contribution in [2.24, 2.45) is 0 Å². The van der Waals surface area contributed by atoms with Gasteiger partial charge in [-0.15, -0.1) is 0 Å². The molecule has 104 valence electrons. The van der Waals surface area contributed by atoms with Crippen molar-refractivity contribution in [1.82, 2.24) is 9.78 Å². The molecule has 0 amide bonds. The maximum absolute atomic E-state index is 11.9. The van der Waals surface area contributed by atoms with Crippen LogP contribution in [-0.4, -0.2) is 26.8 Å². The van der Waals surface area contributed by atoms with Crippen LogP contribution in [0.25, 0.3) is 0 Å². The predicted molar refractivity (Wildman–Crippen MR) is 70.2 cm³/mol. The number of non-ortho nitro benzene ring substituents is 1. The number of rotatable bonds is 5. The molecule has 1 heterocycles. The van der Waals surface area contributed by atoms with Crippen molar-refractivity contribution < 1.29 is 14.5 Å². The molecule has 0 saturated heterocycles. The van der Waals surface area contributed by atoms with E-state index in [-0.39, 0.29) is 17.4 Å². The lowest BCUT2D eigenvalue weighted by Crippen LogP contribution is -2.21. The molecule has 2 aromatic rings. The Balaban J connectivity index is 2.00. The zero-order valence-electron chi connectivity index (χ0n) is 10.8. The second-order valence-electron chi connectivity index (χ2n) is 4.25. The number of hydrogen-bond acceptors (Lipinski definition) is 5. The van der Waals surface area contributed by atoms with Crippen molar-refractivity contribution in [2.45, 2.75) is 19.6 Å². The van der Waals surface area contributed by atoms with Gasteiger partial charge in [-0.3, -0.25) is 14.8 Å². The molecule has 0 bridgehead atoms. The van der Waals surface area contributed by atoms with Gasteiger partial charge in [-0.2, -0.15) is 5.10 Å². The number of benzene rings is 1. The Hall–Kier alpha value is -2.70. The van der Waals surface area contributed by atoms with Crippen molar-refractivity contribution in [2.75, 3.05) is 0 Å². The van der Waals surface area contributed by atoms with E-state index in [4.69, 9.17) is 4.74 Å². The lowest BCUT2D eigenvalue weighted by molar-refractivity contribution is -0.384. The minimum absolute atomic E-state index is 0.140. The number of nitrogens with zero attached hydrogens (tertiary/aromatic N) is 3. The first kappa shape index (κ1) is 13.7. The number of esters is 1. The van der Waals surface area contributed by atoms with E-state index in [2.05, 4.69) is 5.10 Å². The van der Waals surface area contributed by atoms with E-state index in [0.717, 1.165) is 0 Å². The van der Waals surface area contributed by atoms with Crippen molar-refractivity contribution in [3.8, 4) is 0 Å². The number of nitro groups is 1. The summed E-state index contributed by atoms with van der Waals surface area (Å²) in [6, 6.07) is 7.23. The van der Waals surface area contributed by atoms with E-state index in [0.29, 0.717) is 6.54 Å². The molecule has 1 aromatic heterocycles. The number of ether oxygens (including phenoxy) is 1. The molecular formula is C13H13N3O4. The molecule has 0 saturated carbocycles. The Kier molecular flexibility index (Phi) is 4.09. The summed E-state index contributed by atoms with van der Waals surface area (Å²) in [6.07, 6.45) is 3.01. The van der Waals surface area contributed by atoms with Gasteiger partial charge in [0.05, 0.1) is 17.0 Å². The minimum Gasteiger partial charge on any atom is -0.457 e. The lowest BCUT2D eigenvalue weighted by Gasteiger charge is -2.13. The third-order valence-corrected chi connectivity index (χ3v) is 2.60. The van der Waals surface area contributed by atoms with Crippen LogP contribution in [-0.2, 0) is 11.3 Å². The van der Waals surface area contributed by atoms with Crippen LogP contribution in [0.5, 0.6) is 0 Å². The maximum Gasteiger partial charge on any atom is 0.338 e. The normalized spacial score (nSPS) is 11.8. The van der Waals surface area contributed by atoms with Crippen molar-refractivity contribution in [3.63, 3.8) is 0 Å². The van der Waals surface area contributed by atoms with Crippen LogP contribution in [0, 0.1) is 10.1 Å². The number of carbonyl (C=O) groups excluding carboxylic acids is 1. The van der Waals surface area contributed by atoms with E-state index < -0.39 is 10.9 Å². The molecule has 1 aromatic carbocycles. The van der Waals surface area contributed by atoms with Crippen LogP contribution in [0.15, 0.2) is 42.7 Å². The molecule has 0 aliphatic carbocycles. The van der Waals surface area contributed by atoms with Gasteiger partial charge < -0.3 is 4.74 Å². The van der Waals surface area contributed by atoms with Crippen LogP contribution in [0.1, 0.15) is 17.3 Å². The summed E-state index contributed by atoms with van der Waals surface area (Å²) in [5.41, 5.74) is 0.0192. The molecule has 0 N–H and O–H groups in total. The maximum atomic E-state index is 11.9. The van der Waals surface area contributed by atoms with Crippen LogP contribution >= 0.6 is 0 Å². The number of carbonyl (C=O) groups is 1.